The van der Waals surface area contributed by atoms with Crippen LogP contribution in [0.15, 0.2) is 65.6 Å². The van der Waals surface area contributed by atoms with E-state index in [1.807, 2.05) is 34.6 Å². The number of alkyl halides is 3. The number of ether oxygens (including phenoxy) is 1. The largest absolute Gasteiger partial charge is 0.573 e. The van der Waals surface area contributed by atoms with Crippen LogP contribution in [0.5, 0.6) is 5.75 Å². The first-order valence-corrected chi connectivity index (χ1v) is 12.0. The van der Waals surface area contributed by atoms with Gasteiger partial charge in [0, 0.05) is 35.9 Å². The lowest BCUT2D eigenvalue weighted by Gasteiger charge is -2.08. The summed E-state index contributed by atoms with van der Waals surface area (Å²) in [5.41, 5.74) is 5.11. The maximum atomic E-state index is 12.4. The first-order valence-electron chi connectivity index (χ1n) is 12.0. The molecule has 0 amide bonds. The minimum atomic E-state index is -4.76. The van der Waals surface area contributed by atoms with E-state index in [1.165, 1.54) is 29.8 Å². The molecule has 0 spiro atoms. The second-order valence-corrected chi connectivity index (χ2v) is 8.68. The van der Waals surface area contributed by atoms with Crippen LogP contribution in [-0.4, -0.2) is 41.0 Å². The van der Waals surface area contributed by atoms with Gasteiger partial charge in [-0.05, 0) is 80.3 Å². The van der Waals surface area contributed by atoms with Crippen molar-refractivity contribution in [1.82, 2.24) is 34.7 Å². The molecule has 0 atom stereocenters. The van der Waals surface area contributed by atoms with Gasteiger partial charge in [-0.15, -0.1) is 13.2 Å². The van der Waals surface area contributed by atoms with Crippen LogP contribution in [0, 0.1) is 6.92 Å². The van der Waals surface area contributed by atoms with Gasteiger partial charge in [0.2, 0.25) is 5.82 Å². The van der Waals surface area contributed by atoms with Crippen LogP contribution in [0.2, 0.25) is 0 Å². The molecule has 0 radical (unpaired) electrons. The lowest BCUT2D eigenvalue weighted by atomic mass is 10.1. The summed E-state index contributed by atoms with van der Waals surface area (Å²) in [6.45, 7) is 5.37. The van der Waals surface area contributed by atoms with Crippen LogP contribution in [0.25, 0.3) is 23.0 Å². The number of hydrogen-bond acceptors (Lipinski definition) is 7. The summed E-state index contributed by atoms with van der Waals surface area (Å²) < 4.78 is 50.2. The molecule has 5 rings (SSSR count). The second kappa shape index (κ2) is 10.5. The van der Waals surface area contributed by atoms with E-state index in [1.54, 1.807) is 6.20 Å². The molecule has 38 heavy (non-hydrogen) atoms. The number of rotatable bonds is 9. The fraction of sp³-hybridized carbons (Fsp3) is 0.269. The van der Waals surface area contributed by atoms with Crippen molar-refractivity contribution in [3.8, 4) is 28.7 Å². The van der Waals surface area contributed by atoms with E-state index < -0.39 is 6.36 Å². The minimum absolute atomic E-state index is 0.209. The molecule has 0 aliphatic carbocycles. The molecule has 1 aromatic carbocycles. The third-order valence-corrected chi connectivity index (χ3v) is 5.87. The number of aryl methyl sites for hydroxylation is 4. The van der Waals surface area contributed by atoms with E-state index in [-0.39, 0.29) is 17.5 Å². The van der Waals surface area contributed by atoms with Crippen molar-refractivity contribution in [2.45, 2.75) is 46.1 Å². The Morgan fingerprint density at radius 3 is 2.58 bits per heavy atom. The van der Waals surface area contributed by atoms with Gasteiger partial charge in [0.1, 0.15) is 5.75 Å². The Bertz CT molecular complexity index is 1520. The van der Waals surface area contributed by atoms with Gasteiger partial charge < -0.3 is 9.26 Å². The van der Waals surface area contributed by atoms with Gasteiger partial charge in [0.25, 0.3) is 5.89 Å². The van der Waals surface area contributed by atoms with E-state index in [2.05, 4.69) is 49.2 Å². The summed E-state index contributed by atoms with van der Waals surface area (Å²) in [6, 6.07) is 11.1. The zero-order valence-corrected chi connectivity index (χ0v) is 20.7. The Labute approximate surface area is 215 Å². The zero-order valence-electron chi connectivity index (χ0n) is 20.7. The third-order valence-electron chi connectivity index (χ3n) is 5.87. The summed E-state index contributed by atoms with van der Waals surface area (Å²) in [5.74, 6) is 0.112. The summed E-state index contributed by atoms with van der Waals surface area (Å²) in [5, 5.41) is 12.9. The summed E-state index contributed by atoms with van der Waals surface area (Å²) in [7, 11) is 0. The lowest BCUT2D eigenvalue weighted by Crippen LogP contribution is -2.16. The van der Waals surface area contributed by atoms with Gasteiger partial charge in [0.15, 0.2) is 5.69 Å². The topological polar surface area (TPSA) is 96.7 Å². The van der Waals surface area contributed by atoms with Crippen LogP contribution in [0.3, 0.4) is 0 Å². The van der Waals surface area contributed by atoms with Crippen LogP contribution in [0.4, 0.5) is 13.2 Å². The van der Waals surface area contributed by atoms with Crippen LogP contribution in [0.1, 0.15) is 29.4 Å². The Morgan fingerprint density at radius 2 is 1.84 bits per heavy atom. The molecule has 0 aliphatic rings. The highest BCUT2D eigenvalue weighted by Crippen LogP contribution is 2.27. The van der Waals surface area contributed by atoms with E-state index in [4.69, 9.17) is 4.52 Å². The predicted molar refractivity (Wildman–Crippen MR) is 131 cm³/mol. The molecular weight excluding hydrogens is 499 g/mol. The van der Waals surface area contributed by atoms with Crippen molar-refractivity contribution in [2.24, 2.45) is 0 Å². The van der Waals surface area contributed by atoms with Crippen molar-refractivity contribution >= 4 is 0 Å². The van der Waals surface area contributed by atoms with E-state index in [0.29, 0.717) is 17.8 Å². The molecule has 0 saturated heterocycles. The van der Waals surface area contributed by atoms with Gasteiger partial charge in [-0.25, -0.2) is 0 Å². The maximum absolute atomic E-state index is 12.4. The summed E-state index contributed by atoms with van der Waals surface area (Å²) in [4.78, 5) is 8.86. The molecule has 4 aromatic heterocycles. The molecular formula is C26H24F3N7O2. The minimum Gasteiger partial charge on any atom is -0.406 e. The molecule has 9 nitrogen and oxygen atoms in total. The highest BCUT2D eigenvalue weighted by Gasteiger charge is 2.31. The maximum Gasteiger partial charge on any atom is 0.573 e. The quantitative estimate of drug-likeness (QED) is 0.260. The summed E-state index contributed by atoms with van der Waals surface area (Å²) >= 11 is 0. The Kier molecular flexibility index (Phi) is 6.95. The molecule has 5 aromatic rings. The molecule has 0 fully saturated rings. The van der Waals surface area contributed by atoms with Crippen molar-refractivity contribution in [3.63, 3.8) is 0 Å². The van der Waals surface area contributed by atoms with Crippen molar-refractivity contribution in [3.05, 3.63) is 83.6 Å². The Morgan fingerprint density at radius 1 is 1.03 bits per heavy atom. The number of aromatic nitrogens is 7. The van der Waals surface area contributed by atoms with Crippen molar-refractivity contribution < 1.29 is 22.4 Å². The molecule has 0 bridgehead atoms. The number of benzene rings is 1. The Hall–Kier alpha value is -4.48. The second-order valence-electron chi connectivity index (χ2n) is 8.68. The zero-order chi connectivity index (χ0) is 26.7. The van der Waals surface area contributed by atoms with Gasteiger partial charge in [-0.3, -0.25) is 14.3 Å². The standard InChI is InChI=1S/C26H24F3N7O2/c1-3-35-15-19(14-31-35)4-7-21-13-18(10-11-30-21)16-36-17(2)12-23(33-36)25-32-24(34-38-25)20-5-8-22(9-6-20)37-26(27,28)29/h5-6,8-15H,3-4,7,16H2,1-2H3. The van der Waals surface area contributed by atoms with E-state index in [9.17, 15) is 13.2 Å². The van der Waals surface area contributed by atoms with Crippen molar-refractivity contribution in [1.29, 1.82) is 0 Å². The predicted octanol–water partition coefficient (Wildman–Crippen LogP) is 5.25. The summed E-state index contributed by atoms with van der Waals surface area (Å²) in [6.07, 6.45) is 2.66. The number of hydrogen-bond donors (Lipinski definition) is 0. The van der Waals surface area contributed by atoms with Gasteiger partial charge >= 0.3 is 6.36 Å². The molecule has 0 unspecified atom stereocenters. The van der Waals surface area contributed by atoms with Crippen LogP contribution >= 0.6 is 0 Å². The number of halogens is 3. The van der Waals surface area contributed by atoms with Crippen LogP contribution in [-0.2, 0) is 25.9 Å². The SMILES string of the molecule is CCn1cc(CCc2cc(Cn3nc(-c4nc(-c5ccc(OC(F)(F)F)cc5)no4)cc3C)ccn2)cn1. The van der Waals surface area contributed by atoms with E-state index >= 15 is 0 Å². The molecule has 0 saturated carbocycles. The first kappa shape index (κ1) is 25.2. The molecule has 196 valence electrons. The molecule has 0 aliphatic heterocycles. The van der Waals surface area contributed by atoms with Gasteiger partial charge in [0.05, 0.1) is 12.7 Å². The van der Waals surface area contributed by atoms with Crippen molar-refractivity contribution in [2.75, 3.05) is 0 Å². The normalized spacial score (nSPS) is 11.7. The molecule has 12 heteroatoms. The lowest BCUT2D eigenvalue weighted by molar-refractivity contribution is -0.274. The Balaban J connectivity index is 1.25. The number of pyridine rings is 1. The van der Waals surface area contributed by atoms with E-state index in [0.717, 1.165) is 36.3 Å². The first-order chi connectivity index (χ1) is 18.3. The fourth-order valence-electron chi connectivity index (χ4n) is 3.94. The van der Waals surface area contributed by atoms with Gasteiger partial charge in [-0.2, -0.15) is 15.2 Å². The molecule has 0 N–H and O–H groups in total. The smallest absolute Gasteiger partial charge is 0.406 e. The number of nitrogens with zero attached hydrogens (tertiary/aromatic N) is 7. The monoisotopic (exact) mass is 523 g/mol. The highest BCUT2D eigenvalue weighted by atomic mass is 19.4. The molecule has 4 heterocycles. The average Bonchev–Trinajstić information content (AvgIpc) is 3.63. The fourth-order valence-corrected chi connectivity index (χ4v) is 3.94. The highest BCUT2D eigenvalue weighted by molar-refractivity contribution is 5.58. The van der Waals surface area contributed by atoms with Crippen LogP contribution < -0.4 is 4.74 Å². The third kappa shape index (κ3) is 6.07. The average molecular weight is 524 g/mol. The van der Waals surface area contributed by atoms with Gasteiger partial charge in [-0.1, -0.05) is 5.16 Å².